The molecule has 138 valence electrons. The molecule has 2 aliphatic rings. The molecule has 4 rings (SSSR count). The molecule has 0 aromatic heterocycles. The van der Waals surface area contributed by atoms with E-state index in [2.05, 4.69) is 0 Å². The lowest BCUT2D eigenvalue weighted by Gasteiger charge is -2.46. The number of fused-ring (bicyclic) bond motifs is 1. The third kappa shape index (κ3) is 3.66. The number of ether oxygens (including phenoxy) is 4. The van der Waals surface area contributed by atoms with E-state index in [0.717, 1.165) is 11.1 Å². The van der Waals surface area contributed by atoms with Gasteiger partial charge in [0.2, 0.25) is 0 Å². The maximum absolute atomic E-state index is 10.5. The van der Waals surface area contributed by atoms with Gasteiger partial charge in [-0.2, -0.15) is 0 Å². The quantitative estimate of drug-likeness (QED) is 0.867. The molecular weight excluding hydrogens is 336 g/mol. The molecule has 2 fully saturated rings. The number of aliphatic hydroxyl groups is 2. The zero-order chi connectivity index (χ0) is 17.9. The maximum Gasteiger partial charge on any atom is 0.187 e. The van der Waals surface area contributed by atoms with Crippen LogP contribution in [0.15, 0.2) is 60.7 Å². The number of hydrogen-bond donors (Lipinski definition) is 2. The highest BCUT2D eigenvalue weighted by Gasteiger charge is 2.49. The summed E-state index contributed by atoms with van der Waals surface area (Å²) in [5.74, 6) is 0. The SMILES string of the molecule is OC1[C@H](OCc2ccccc2)OC2COC(c3ccccc3)O[C@@H]2[C@@H]1O. The maximum atomic E-state index is 10.5. The van der Waals surface area contributed by atoms with E-state index in [1.807, 2.05) is 60.7 Å². The summed E-state index contributed by atoms with van der Waals surface area (Å²) in [6.45, 7) is 0.528. The summed E-state index contributed by atoms with van der Waals surface area (Å²) in [6.07, 6.45) is -5.04. The minimum absolute atomic E-state index is 0.249. The van der Waals surface area contributed by atoms with Crippen molar-refractivity contribution in [1.82, 2.24) is 0 Å². The summed E-state index contributed by atoms with van der Waals surface area (Å²) >= 11 is 0. The lowest BCUT2D eigenvalue weighted by atomic mass is 9.98. The van der Waals surface area contributed by atoms with Crippen LogP contribution in [-0.4, -0.2) is 47.5 Å². The van der Waals surface area contributed by atoms with Gasteiger partial charge in [0.1, 0.15) is 24.4 Å². The molecule has 2 aromatic carbocycles. The van der Waals surface area contributed by atoms with Crippen LogP contribution in [0, 0.1) is 0 Å². The van der Waals surface area contributed by atoms with Gasteiger partial charge >= 0.3 is 0 Å². The van der Waals surface area contributed by atoms with E-state index in [0.29, 0.717) is 0 Å². The molecule has 2 saturated heterocycles. The van der Waals surface area contributed by atoms with Crippen molar-refractivity contribution in [3.05, 3.63) is 71.8 Å². The Morgan fingerprint density at radius 1 is 0.885 bits per heavy atom. The standard InChI is InChI=1S/C20H22O6/c21-16-17(22)20(23-11-13-7-3-1-4-8-13)25-15-12-24-19(26-18(15)16)14-9-5-2-6-10-14/h1-10,15-22H,11-12H2/t15?,16-,17?,18+,19?,20-/m1/s1. The molecule has 0 saturated carbocycles. The molecule has 6 atom stereocenters. The smallest absolute Gasteiger partial charge is 0.187 e. The molecule has 2 N–H and O–H groups in total. The van der Waals surface area contributed by atoms with E-state index in [1.165, 1.54) is 0 Å². The lowest BCUT2D eigenvalue weighted by Crippen LogP contribution is -2.62. The van der Waals surface area contributed by atoms with E-state index >= 15 is 0 Å². The van der Waals surface area contributed by atoms with Crippen LogP contribution in [0.3, 0.4) is 0 Å². The Morgan fingerprint density at radius 2 is 1.58 bits per heavy atom. The second-order valence-electron chi connectivity index (χ2n) is 6.50. The second kappa shape index (κ2) is 7.84. The summed E-state index contributed by atoms with van der Waals surface area (Å²) in [7, 11) is 0. The van der Waals surface area contributed by atoms with E-state index in [-0.39, 0.29) is 13.2 Å². The van der Waals surface area contributed by atoms with E-state index in [1.54, 1.807) is 0 Å². The average molecular weight is 358 g/mol. The van der Waals surface area contributed by atoms with Gasteiger partial charge in [-0.05, 0) is 5.56 Å². The summed E-state index contributed by atoms with van der Waals surface area (Å²) in [5, 5.41) is 20.9. The van der Waals surface area contributed by atoms with Gasteiger partial charge in [-0.25, -0.2) is 0 Å². The predicted octanol–water partition coefficient (Wildman–Crippen LogP) is 1.76. The Bertz CT molecular complexity index is 692. The van der Waals surface area contributed by atoms with Gasteiger partial charge in [0.25, 0.3) is 0 Å². The first-order chi connectivity index (χ1) is 12.7. The van der Waals surface area contributed by atoms with Crippen LogP contribution in [0.2, 0.25) is 0 Å². The van der Waals surface area contributed by atoms with Crippen molar-refractivity contribution in [3.8, 4) is 0 Å². The number of hydrogen-bond acceptors (Lipinski definition) is 6. The van der Waals surface area contributed by atoms with E-state index in [9.17, 15) is 10.2 Å². The Morgan fingerprint density at radius 3 is 2.31 bits per heavy atom. The van der Waals surface area contributed by atoms with Crippen molar-refractivity contribution in [2.75, 3.05) is 6.61 Å². The second-order valence-corrected chi connectivity index (χ2v) is 6.50. The monoisotopic (exact) mass is 358 g/mol. The zero-order valence-corrected chi connectivity index (χ0v) is 14.2. The predicted molar refractivity (Wildman–Crippen MR) is 91.9 cm³/mol. The van der Waals surface area contributed by atoms with Gasteiger partial charge in [0, 0.05) is 5.56 Å². The van der Waals surface area contributed by atoms with Gasteiger partial charge in [0.05, 0.1) is 13.2 Å². The van der Waals surface area contributed by atoms with Crippen LogP contribution in [0.5, 0.6) is 0 Å². The Labute approximate surface area is 151 Å². The van der Waals surface area contributed by atoms with Gasteiger partial charge in [0.15, 0.2) is 12.6 Å². The average Bonchev–Trinajstić information content (AvgIpc) is 2.71. The van der Waals surface area contributed by atoms with Crippen molar-refractivity contribution in [2.24, 2.45) is 0 Å². The molecule has 26 heavy (non-hydrogen) atoms. The van der Waals surface area contributed by atoms with E-state index < -0.39 is 37.0 Å². The topological polar surface area (TPSA) is 77.4 Å². The summed E-state index contributed by atoms with van der Waals surface area (Å²) in [5.41, 5.74) is 1.82. The van der Waals surface area contributed by atoms with E-state index in [4.69, 9.17) is 18.9 Å². The fraction of sp³-hybridized carbons (Fsp3) is 0.400. The molecule has 2 heterocycles. The van der Waals surface area contributed by atoms with Crippen molar-refractivity contribution < 1.29 is 29.2 Å². The highest BCUT2D eigenvalue weighted by atomic mass is 16.8. The van der Waals surface area contributed by atoms with Gasteiger partial charge in [-0.3, -0.25) is 0 Å². The third-order valence-electron chi connectivity index (χ3n) is 4.66. The van der Waals surface area contributed by atoms with Crippen molar-refractivity contribution in [2.45, 2.75) is 43.6 Å². The highest BCUT2D eigenvalue weighted by Crippen LogP contribution is 2.34. The summed E-state index contributed by atoms with van der Waals surface area (Å²) in [4.78, 5) is 0. The fourth-order valence-corrected chi connectivity index (χ4v) is 3.25. The highest BCUT2D eigenvalue weighted by molar-refractivity contribution is 5.17. The Balaban J connectivity index is 1.40. The third-order valence-corrected chi connectivity index (χ3v) is 4.66. The molecule has 0 radical (unpaired) electrons. The Kier molecular flexibility index (Phi) is 5.31. The first-order valence-corrected chi connectivity index (χ1v) is 8.71. The number of aliphatic hydroxyl groups excluding tert-OH is 2. The van der Waals surface area contributed by atoms with Gasteiger partial charge in [-0.1, -0.05) is 60.7 Å². The van der Waals surface area contributed by atoms with Crippen molar-refractivity contribution in [3.63, 3.8) is 0 Å². The van der Waals surface area contributed by atoms with Crippen LogP contribution in [0.4, 0.5) is 0 Å². The molecule has 2 aromatic rings. The number of rotatable bonds is 4. The lowest BCUT2D eigenvalue weighted by molar-refractivity contribution is -0.362. The molecule has 0 spiro atoms. The van der Waals surface area contributed by atoms with Crippen molar-refractivity contribution >= 4 is 0 Å². The first-order valence-electron chi connectivity index (χ1n) is 8.71. The van der Waals surface area contributed by atoms with Crippen LogP contribution in [0.1, 0.15) is 17.4 Å². The van der Waals surface area contributed by atoms with Crippen molar-refractivity contribution in [1.29, 1.82) is 0 Å². The van der Waals surface area contributed by atoms with Gasteiger partial charge < -0.3 is 29.2 Å². The molecule has 0 amide bonds. The number of benzene rings is 2. The Hall–Kier alpha value is -1.80. The van der Waals surface area contributed by atoms with Crippen LogP contribution in [-0.2, 0) is 25.6 Å². The molecule has 2 aliphatic heterocycles. The first kappa shape index (κ1) is 17.6. The molecule has 3 unspecified atom stereocenters. The molecule has 6 heteroatoms. The fourth-order valence-electron chi connectivity index (χ4n) is 3.25. The van der Waals surface area contributed by atoms with Gasteiger partial charge in [-0.15, -0.1) is 0 Å². The summed E-state index contributed by atoms with van der Waals surface area (Å²) in [6, 6.07) is 19.1. The molecule has 0 bridgehead atoms. The normalized spacial score (nSPS) is 34.2. The van der Waals surface area contributed by atoms with Crippen LogP contribution in [0.25, 0.3) is 0 Å². The minimum Gasteiger partial charge on any atom is -0.387 e. The molecule has 0 aliphatic carbocycles. The zero-order valence-electron chi connectivity index (χ0n) is 14.2. The van der Waals surface area contributed by atoms with Crippen LogP contribution < -0.4 is 0 Å². The largest absolute Gasteiger partial charge is 0.387 e. The van der Waals surface area contributed by atoms with Crippen LogP contribution >= 0.6 is 0 Å². The molecule has 6 nitrogen and oxygen atoms in total. The molecular formula is C20H22O6. The minimum atomic E-state index is -1.20. The summed E-state index contributed by atoms with van der Waals surface area (Å²) < 4.78 is 23.1.